The normalized spacial score (nSPS) is 10.2. The van der Waals surface area contributed by atoms with Crippen LogP contribution in [0.4, 0.5) is 5.82 Å². The van der Waals surface area contributed by atoms with Crippen LogP contribution in [0.1, 0.15) is 33.2 Å². The van der Waals surface area contributed by atoms with Crippen LogP contribution in [-0.4, -0.2) is 41.0 Å². The number of aromatic nitrogens is 2. The van der Waals surface area contributed by atoms with Crippen molar-refractivity contribution in [1.82, 2.24) is 15.1 Å². The highest BCUT2D eigenvalue weighted by Crippen LogP contribution is 2.14. The predicted octanol–water partition coefficient (Wildman–Crippen LogP) is 1.93. The van der Waals surface area contributed by atoms with Gasteiger partial charge in [0.1, 0.15) is 11.4 Å². The molecule has 1 aromatic carbocycles. The van der Waals surface area contributed by atoms with Crippen LogP contribution in [0, 0.1) is 0 Å². The average Bonchev–Trinajstić information content (AvgIpc) is 2.94. The van der Waals surface area contributed by atoms with Crippen molar-refractivity contribution in [2.75, 3.05) is 19.4 Å². The van der Waals surface area contributed by atoms with Gasteiger partial charge >= 0.3 is 0 Å². The van der Waals surface area contributed by atoms with Crippen LogP contribution >= 0.6 is 0 Å². The molecule has 2 rings (SSSR count). The summed E-state index contributed by atoms with van der Waals surface area (Å²) in [5.74, 6) is -0.201. The van der Waals surface area contributed by atoms with E-state index in [4.69, 9.17) is 0 Å². The fourth-order valence-corrected chi connectivity index (χ4v) is 1.86. The Balaban J connectivity index is 2.16. The second kappa shape index (κ2) is 6.21. The summed E-state index contributed by atoms with van der Waals surface area (Å²) in [6.07, 6.45) is 2.32. The first-order chi connectivity index (χ1) is 10.0. The van der Waals surface area contributed by atoms with Gasteiger partial charge in [0, 0.05) is 19.7 Å². The molecule has 0 saturated heterocycles. The van der Waals surface area contributed by atoms with Gasteiger partial charge in [-0.15, -0.1) is 0 Å². The van der Waals surface area contributed by atoms with Crippen LogP contribution in [-0.2, 0) is 6.42 Å². The van der Waals surface area contributed by atoms with Crippen molar-refractivity contribution in [3.8, 4) is 0 Å². The van der Waals surface area contributed by atoms with Gasteiger partial charge in [0.05, 0.1) is 6.20 Å². The molecule has 0 atom stereocenters. The largest absolute Gasteiger partial charge is 0.345 e. The highest BCUT2D eigenvalue weighted by Gasteiger charge is 2.17. The summed E-state index contributed by atoms with van der Waals surface area (Å²) >= 11 is 0. The number of rotatable bonds is 4. The molecule has 2 aromatic rings. The van der Waals surface area contributed by atoms with Gasteiger partial charge in [0.25, 0.3) is 11.8 Å². The lowest BCUT2D eigenvalue weighted by atomic mass is 10.1. The molecule has 0 aliphatic heterocycles. The number of carbonyl (C=O) groups excluding carboxylic acids is 2. The number of hydrogen-bond donors (Lipinski definition) is 2. The second-order valence-electron chi connectivity index (χ2n) is 4.86. The molecule has 0 radical (unpaired) electrons. The SMILES string of the molecule is CCc1ccc(C(=O)Nc2[nH]ncc2C(=O)N(C)C)cc1. The molecule has 0 fully saturated rings. The summed E-state index contributed by atoms with van der Waals surface area (Å²) in [4.78, 5) is 25.5. The molecule has 2 N–H and O–H groups in total. The van der Waals surface area contributed by atoms with E-state index in [-0.39, 0.29) is 11.8 Å². The van der Waals surface area contributed by atoms with Gasteiger partial charge in [-0.1, -0.05) is 19.1 Å². The predicted molar refractivity (Wildman–Crippen MR) is 80.4 cm³/mol. The number of carbonyl (C=O) groups is 2. The maximum absolute atomic E-state index is 12.2. The van der Waals surface area contributed by atoms with E-state index in [1.807, 2.05) is 12.1 Å². The van der Waals surface area contributed by atoms with E-state index in [2.05, 4.69) is 22.4 Å². The van der Waals surface area contributed by atoms with Gasteiger partial charge in [0.15, 0.2) is 0 Å². The summed E-state index contributed by atoms with van der Waals surface area (Å²) in [5, 5.41) is 9.12. The first kappa shape index (κ1) is 14.8. The number of aromatic amines is 1. The Morgan fingerprint density at radius 1 is 1.24 bits per heavy atom. The molecular formula is C15H18N4O2. The minimum Gasteiger partial charge on any atom is -0.345 e. The third-order valence-electron chi connectivity index (χ3n) is 3.14. The topological polar surface area (TPSA) is 78.1 Å². The van der Waals surface area contributed by atoms with Gasteiger partial charge in [-0.05, 0) is 24.1 Å². The molecule has 0 spiro atoms. The van der Waals surface area contributed by atoms with Crippen molar-refractivity contribution in [3.05, 3.63) is 47.2 Å². The van der Waals surface area contributed by atoms with E-state index in [1.165, 1.54) is 11.1 Å². The van der Waals surface area contributed by atoms with Crippen molar-refractivity contribution >= 4 is 17.6 Å². The zero-order chi connectivity index (χ0) is 15.4. The molecule has 6 heteroatoms. The van der Waals surface area contributed by atoms with Crippen molar-refractivity contribution in [1.29, 1.82) is 0 Å². The average molecular weight is 286 g/mol. The Bertz CT molecular complexity index is 644. The van der Waals surface area contributed by atoms with Crippen molar-refractivity contribution < 1.29 is 9.59 Å². The van der Waals surface area contributed by atoms with Crippen molar-refractivity contribution in [2.24, 2.45) is 0 Å². The second-order valence-corrected chi connectivity index (χ2v) is 4.86. The number of nitrogens with zero attached hydrogens (tertiary/aromatic N) is 2. The van der Waals surface area contributed by atoms with Crippen LogP contribution in [0.25, 0.3) is 0 Å². The van der Waals surface area contributed by atoms with Gasteiger partial charge in [-0.2, -0.15) is 5.10 Å². The number of H-pyrrole nitrogens is 1. The number of aryl methyl sites for hydroxylation is 1. The van der Waals surface area contributed by atoms with Crippen molar-refractivity contribution in [3.63, 3.8) is 0 Å². The molecule has 0 aliphatic rings. The van der Waals surface area contributed by atoms with Crippen molar-refractivity contribution in [2.45, 2.75) is 13.3 Å². The van der Waals surface area contributed by atoms with Gasteiger partial charge in [-0.25, -0.2) is 0 Å². The lowest BCUT2D eigenvalue weighted by Crippen LogP contribution is -2.23. The Kier molecular flexibility index (Phi) is 4.37. The van der Waals surface area contributed by atoms with Crippen LogP contribution in [0.15, 0.2) is 30.5 Å². The van der Waals surface area contributed by atoms with E-state index in [9.17, 15) is 9.59 Å². The highest BCUT2D eigenvalue weighted by atomic mass is 16.2. The number of amides is 2. The Morgan fingerprint density at radius 2 is 1.90 bits per heavy atom. The van der Waals surface area contributed by atoms with E-state index >= 15 is 0 Å². The molecule has 21 heavy (non-hydrogen) atoms. The Hall–Kier alpha value is -2.63. The number of nitrogens with one attached hydrogen (secondary N) is 2. The Labute approximate surface area is 123 Å². The zero-order valence-corrected chi connectivity index (χ0v) is 12.3. The molecule has 1 aromatic heterocycles. The fraction of sp³-hybridized carbons (Fsp3) is 0.267. The molecule has 0 bridgehead atoms. The summed E-state index contributed by atoms with van der Waals surface area (Å²) in [6, 6.07) is 7.34. The lowest BCUT2D eigenvalue weighted by Gasteiger charge is -2.10. The fourth-order valence-electron chi connectivity index (χ4n) is 1.86. The molecular weight excluding hydrogens is 268 g/mol. The highest BCUT2D eigenvalue weighted by molar-refractivity contribution is 6.08. The smallest absolute Gasteiger partial charge is 0.258 e. The number of hydrogen-bond acceptors (Lipinski definition) is 3. The number of anilines is 1. The van der Waals surface area contributed by atoms with Crippen LogP contribution < -0.4 is 5.32 Å². The molecule has 0 aliphatic carbocycles. The maximum Gasteiger partial charge on any atom is 0.258 e. The van der Waals surface area contributed by atoms with Gasteiger partial charge in [-0.3, -0.25) is 14.7 Å². The van der Waals surface area contributed by atoms with Crippen LogP contribution in [0.5, 0.6) is 0 Å². The summed E-state index contributed by atoms with van der Waals surface area (Å²) in [5.41, 5.74) is 2.03. The quantitative estimate of drug-likeness (QED) is 0.901. The minimum absolute atomic E-state index is 0.222. The molecule has 2 amide bonds. The molecule has 0 saturated carbocycles. The van der Waals surface area contributed by atoms with E-state index < -0.39 is 0 Å². The van der Waals surface area contributed by atoms with E-state index in [1.54, 1.807) is 26.2 Å². The van der Waals surface area contributed by atoms with Crippen LogP contribution in [0.3, 0.4) is 0 Å². The first-order valence-corrected chi connectivity index (χ1v) is 6.68. The maximum atomic E-state index is 12.2. The molecule has 6 nitrogen and oxygen atoms in total. The summed E-state index contributed by atoms with van der Waals surface area (Å²) in [7, 11) is 3.29. The third-order valence-corrected chi connectivity index (χ3v) is 3.14. The summed E-state index contributed by atoms with van der Waals surface area (Å²) in [6.45, 7) is 2.05. The standard InChI is InChI=1S/C15H18N4O2/c1-4-10-5-7-11(8-6-10)14(20)17-13-12(9-16-18-13)15(21)19(2)3/h5-9H,4H2,1-3H3,(H2,16,17,18,20). The molecule has 110 valence electrons. The molecule has 0 unspecified atom stereocenters. The Morgan fingerprint density at radius 3 is 2.48 bits per heavy atom. The third kappa shape index (κ3) is 3.28. The van der Waals surface area contributed by atoms with Crippen LogP contribution in [0.2, 0.25) is 0 Å². The lowest BCUT2D eigenvalue weighted by molar-refractivity contribution is 0.0828. The first-order valence-electron chi connectivity index (χ1n) is 6.68. The monoisotopic (exact) mass is 286 g/mol. The minimum atomic E-state index is -0.283. The zero-order valence-electron chi connectivity index (χ0n) is 12.3. The van der Waals surface area contributed by atoms with E-state index in [0.29, 0.717) is 16.9 Å². The molecule has 1 heterocycles. The van der Waals surface area contributed by atoms with E-state index in [0.717, 1.165) is 12.0 Å². The van der Waals surface area contributed by atoms with Gasteiger partial charge < -0.3 is 10.2 Å². The number of benzene rings is 1. The van der Waals surface area contributed by atoms with Gasteiger partial charge in [0.2, 0.25) is 0 Å². The summed E-state index contributed by atoms with van der Waals surface area (Å²) < 4.78 is 0.